The zero-order chi connectivity index (χ0) is 18.5. The Hall–Kier alpha value is -1.50. The Bertz CT molecular complexity index is 648. The summed E-state index contributed by atoms with van der Waals surface area (Å²) < 4.78 is 6.09. The fraction of sp³-hybridized carbons (Fsp3) is 0.714. The molecule has 0 saturated carbocycles. The Labute approximate surface area is 163 Å². The molecule has 4 rings (SSSR count). The van der Waals surface area contributed by atoms with E-state index in [1.54, 1.807) is 6.33 Å². The molecule has 2 aliphatic heterocycles. The largest absolute Gasteiger partial charge is 0.498 e. The van der Waals surface area contributed by atoms with Crippen LogP contribution in [0.3, 0.4) is 0 Å². The van der Waals surface area contributed by atoms with E-state index in [0.717, 1.165) is 57.0 Å². The third-order valence-electron chi connectivity index (χ3n) is 6.16. The standard InChI is InChI=1S/C21H33N5O/c1-25-10-12-26(13-11-25)9-2-14-27-18-3-4-19-20(15-18)23-16-24-21(19)17-5-7-22-8-6-17/h15-17,22H,2-14H2,1H3. The number of nitrogens with one attached hydrogen (secondary N) is 1. The number of fused-ring (bicyclic) bond motifs is 1. The van der Waals surface area contributed by atoms with Crippen molar-refractivity contribution >= 4 is 6.08 Å². The Morgan fingerprint density at radius 1 is 1.11 bits per heavy atom. The van der Waals surface area contributed by atoms with Crippen LogP contribution in [0.15, 0.2) is 12.1 Å². The normalized spacial score (nSPS) is 22.3. The SMILES string of the molecule is CN1CCN(CCCOC2=Cc3ncnc(C4CCNCC4)c3CC2)CC1. The highest BCUT2D eigenvalue weighted by molar-refractivity contribution is 5.55. The molecule has 1 aliphatic carbocycles. The molecular weight excluding hydrogens is 338 g/mol. The highest BCUT2D eigenvalue weighted by atomic mass is 16.5. The summed E-state index contributed by atoms with van der Waals surface area (Å²) in [6.45, 7) is 8.87. The second-order valence-electron chi connectivity index (χ2n) is 8.10. The van der Waals surface area contributed by atoms with Crippen molar-refractivity contribution in [3.8, 4) is 0 Å². The quantitative estimate of drug-likeness (QED) is 0.771. The second-order valence-corrected chi connectivity index (χ2v) is 8.10. The number of aromatic nitrogens is 2. The van der Waals surface area contributed by atoms with Crippen molar-refractivity contribution in [2.45, 2.75) is 38.0 Å². The molecule has 3 heterocycles. The minimum Gasteiger partial charge on any atom is -0.498 e. The molecule has 0 spiro atoms. The van der Waals surface area contributed by atoms with Gasteiger partial charge >= 0.3 is 0 Å². The van der Waals surface area contributed by atoms with E-state index in [0.29, 0.717) is 5.92 Å². The van der Waals surface area contributed by atoms with Crippen LogP contribution in [0.2, 0.25) is 0 Å². The molecule has 0 unspecified atom stereocenters. The van der Waals surface area contributed by atoms with E-state index in [-0.39, 0.29) is 0 Å². The number of nitrogens with zero attached hydrogens (tertiary/aromatic N) is 4. The van der Waals surface area contributed by atoms with Gasteiger partial charge in [-0.25, -0.2) is 9.97 Å². The van der Waals surface area contributed by atoms with Crippen LogP contribution in [0, 0.1) is 0 Å². The summed E-state index contributed by atoms with van der Waals surface area (Å²) in [5.74, 6) is 1.68. The van der Waals surface area contributed by atoms with Gasteiger partial charge in [0.25, 0.3) is 0 Å². The average molecular weight is 372 g/mol. The topological polar surface area (TPSA) is 53.5 Å². The van der Waals surface area contributed by atoms with Gasteiger partial charge in [0.1, 0.15) is 6.33 Å². The maximum atomic E-state index is 6.09. The Kier molecular flexibility index (Phi) is 6.37. The van der Waals surface area contributed by atoms with E-state index < -0.39 is 0 Å². The monoisotopic (exact) mass is 371 g/mol. The average Bonchev–Trinajstić information content (AvgIpc) is 2.72. The number of piperidine rings is 1. The predicted octanol–water partition coefficient (Wildman–Crippen LogP) is 1.88. The number of rotatable bonds is 6. The van der Waals surface area contributed by atoms with Gasteiger partial charge in [0.2, 0.25) is 0 Å². The van der Waals surface area contributed by atoms with Crippen molar-refractivity contribution in [3.05, 3.63) is 29.0 Å². The minimum absolute atomic E-state index is 0.586. The molecule has 3 aliphatic rings. The lowest BCUT2D eigenvalue weighted by atomic mass is 9.87. The molecule has 0 atom stereocenters. The second kappa shape index (κ2) is 9.13. The fourth-order valence-corrected chi connectivity index (χ4v) is 4.42. The zero-order valence-corrected chi connectivity index (χ0v) is 16.6. The Balaban J connectivity index is 1.29. The summed E-state index contributed by atoms with van der Waals surface area (Å²) >= 11 is 0. The number of hydrogen-bond donors (Lipinski definition) is 1. The molecule has 0 amide bonds. The van der Waals surface area contributed by atoms with Crippen LogP contribution in [-0.2, 0) is 11.2 Å². The lowest BCUT2D eigenvalue weighted by Crippen LogP contribution is -2.44. The summed E-state index contributed by atoms with van der Waals surface area (Å²) in [7, 11) is 2.20. The highest BCUT2D eigenvalue weighted by Gasteiger charge is 2.24. The van der Waals surface area contributed by atoms with Crippen molar-refractivity contribution in [1.29, 1.82) is 0 Å². The zero-order valence-electron chi connectivity index (χ0n) is 16.6. The third-order valence-corrected chi connectivity index (χ3v) is 6.16. The van der Waals surface area contributed by atoms with Crippen LogP contribution in [0.1, 0.15) is 48.6 Å². The van der Waals surface area contributed by atoms with Crippen LogP contribution < -0.4 is 5.32 Å². The van der Waals surface area contributed by atoms with Crippen molar-refractivity contribution in [2.75, 3.05) is 59.5 Å². The molecule has 2 saturated heterocycles. The molecule has 0 aromatic carbocycles. The first kappa shape index (κ1) is 18.8. The lowest BCUT2D eigenvalue weighted by molar-refractivity contribution is 0.133. The number of allylic oxidation sites excluding steroid dienone is 1. The van der Waals surface area contributed by atoms with E-state index in [1.165, 1.54) is 50.3 Å². The predicted molar refractivity (Wildman–Crippen MR) is 108 cm³/mol. The van der Waals surface area contributed by atoms with Crippen LogP contribution in [0.4, 0.5) is 0 Å². The van der Waals surface area contributed by atoms with Gasteiger partial charge in [-0.05, 0) is 45.8 Å². The molecule has 6 heteroatoms. The van der Waals surface area contributed by atoms with Crippen LogP contribution >= 0.6 is 0 Å². The molecule has 0 bridgehead atoms. The number of piperazine rings is 1. The third kappa shape index (κ3) is 4.86. The van der Waals surface area contributed by atoms with E-state index in [1.807, 2.05) is 0 Å². The Morgan fingerprint density at radius 3 is 2.74 bits per heavy atom. The van der Waals surface area contributed by atoms with Gasteiger partial charge in [0, 0.05) is 56.7 Å². The number of ether oxygens (including phenoxy) is 1. The molecular formula is C21H33N5O. The van der Waals surface area contributed by atoms with E-state index in [9.17, 15) is 0 Å². The summed E-state index contributed by atoms with van der Waals surface area (Å²) in [6.07, 6.45) is 9.35. The fourth-order valence-electron chi connectivity index (χ4n) is 4.42. The van der Waals surface area contributed by atoms with Gasteiger partial charge in [-0.15, -0.1) is 0 Å². The number of likely N-dealkylation sites (N-methyl/N-ethyl adjacent to an activating group) is 1. The van der Waals surface area contributed by atoms with Gasteiger partial charge < -0.3 is 19.9 Å². The molecule has 148 valence electrons. The highest BCUT2D eigenvalue weighted by Crippen LogP contribution is 2.32. The van der Waals surface area contributed by atoms with Gasteiger partial charge in [-0.1, -0.05) is 0 Å². The van der Waals surface area contributed by atoms with Gasteiger partial charge in [0.05, 0.1) is 23.8 Å². The molecule has 27 heavy (non-hydrogen) atoms. The van der Waals surface area contributed by atoms with Crippen molar-refractivity contribution in [3.63, 3.8) is 0 Å². The summed E-state index contributed by atoms with van der Waals surface area (Å²) in [5, 5.41) is 3.44. The molecule has 1 aromatic heterocycles. The first-order valence-electron chi connectivity index (χ1n) is 10.6. The van der Waals surface area contributed by atoms with Crippen molar-refractivity contribution in [2.24, 2.45) is 0 Å². The van der Waals surface area contributed by atoms with E-state index in [2.05, 4.69) is 38.2 Å². The summed E-state index contributed by atoms with van der Waals surface area (Å²) in [4.78, 5) is 14.1. The molecule has 0 radical (unpaired) electrons. The Morgan fingerprint density at radius 2 is 1.93 bits per heavy atom. The summed E-state index contributed by atoms with van der Waals surface area (Å²) in [6, 6.07) is 0. The van der Waals surface area contributed by atoms with Crippen LogP contribution in [-0.4, -0.2) is 79.2 Å². The smallest absolute Gasteiger partial charge is 0.116 e. The summed E-state index contributed by atoms with van der Waals surface area (Å²) in [5.41, 5.74) is 3.72. The molecule has 1 N–H and O–H groups in total. The molecule has 6 nitrogen and oxygen atoms in total. The van der Waals surface area contributed by atoms with Crippen molar-refractivity contribution in [1.82, 2.24) is 25.1 Å². The number of hydrogen-bond acceptors (Lipinski definition) is 6. The van der Waals surface area contributed by atoms with E-state index in [4.69, 9.17) is 4.74 Å². The lowest BCUT2D eigenvalue weighted by Gasteiger charge is -2.32. The van der Waals surface area contributed by atoms with Crippen LogP contribution in [0.5, 0.6) is 0 Å². The van der Waals surface area contributed by atoms with Gasteiger partial charge in [-0.2, -0.15) is 0 Å². The molecule has 2 fully saturated rings. The molecule has 1 aromatic rings. The van der Waals surface area contributed by atoms with Crippen molar-refractivity contribution < 1.29 is 4.74 Å². The maximum Gasteiger partial charge on any atom is 0.116 e. The first-order valence-corrected chi connectivity index (χ1v) is 10.6. The first-order chi connectivity index (χ1) is 13.3. The minimum atomic E-state index is 0.586. The van der Waals surface area contributed by atoms with Crippen LogP contribution in [0.25, 0.3) is 6.08 Å². The van der Waals surface area contributed by atoms with Gasteiger partial charge in [0.15, 0.2) is 0 Å². The van der Waals surface area contributed by atoms with E-state index >= 15 is 0 Å². The van der Waals surface area contributed by atoms with Gasteiger partial charge in [-0.3, -0.25) is 0 Å². The maximum absolute atomic E-state index is 6.09.